The highest BCUT2D eigenvalue weighted by molar-refractivity contribution is 6.01. The molecule has 2 N–H and O–H groups in total. The third-order valence-corrected chi connectivity index (χ3v) is 3.49. The zero-order valence-electron chi connectivity index (χ0n) is 10.4. The van der Waals surface area contributed by atoms with Crippen LogP contribution in [0.1, 0.15) is 41.6 Å². The third kappa shape index (κ3) is 2.86. The Morgan fingerprint density at radius 1 is 1.50 bits per heavy atom. The first-order valence-corrected chi connectivity index (χ1v) is 6.14. The van der Waals surface area contributed by atoms with E-state index in [-0.39, 0.29) is 31.0 Å². The van der Waals surface area contributed by atoms with Crippen LogP contribution in [0.3, 0.4) is 0 Å². The van der Waals surface area contributed by atoms with Gasteiger partial charge in [0.2, 0.25) is 5.92 Å². The highest BCUT2D eigenvalue weighted by atomic mass is 19.3. The molecule has 0 heterocycles. The first-order valence-electron chi connectivity index (χ1n) is 6.14. The Bertz CT molecular complexity index is 471. The zero-order valence-corrected chi connectivity index (χ0v) is 10.4. The van der Waals surface area contributed by atoms with Crippen LogP contribution in [0.5, 0.6) is 0 Å². The summed E-state index contributed by atoms with van der Waals surface area (Å²) in [6, 6.07) is 5.24. The predicted molar refractivity (Wildman–Crippen MR) is 66.8 cm³/mol. The average Bonchev–Trinajstić information content (AvgIpc) is 2.61. The van der Waals surface area contributed by atoms with Gasteiger partial charge < -0.3 is 5.73 Å². The Morgan fingerprint density at radius 3 is 2.83 bits per heavy atom. The van der Waals surface area contributed by atoms with Gasteiger partial charge in [-0.3, -0.25) is 4.79 Å². The second-order valence-corrected chi connectivity index (χ2v) is 5.18. The molecule has 0 radical (unpaired) electrons. The Morgan fingerprint density at radius 2 is 2.22 bits per heavy atom. The average molecular weight is 253 g/mol. The van der Waals surface area contributed by atoms with Crippen molar-refractivity contribution >= 4 is 11.5 Å². The van der Waals surface area contributed by atoms with E-state index in [1.165, 1.54) is 0 Å². The number of aryl methyl sites for hydroxylation is 1. The summed E-state index contributed by atoms with van der Waals surface area (Å²) in [6.45, 7) is 1.87. The van der Waals surface area contributed by atoms with Crippen molar-refractivity contribution in [3.8, 4) is 0 Å². The predicted octanol–water partition coefficient (Wildman–Crippen LogP) is 3.59. The minimum absolute atomic E-state index is 0.103. The number of carbonyl (C=O) groups excluding carboxylic acids is 1. The van der Waals surface area contributed by atoms with E-state index in [0.717, 1.165) is 5.56 Å². The van der Waals surface area contributed by atoms with E-state index < -0.39 is 5.92 Å². The summed E-state index contributed by atoms with van der Waals surface area (Å²) in [4.78, 5) is 12.1. The second-order valence-electron chi connectivity index (χ2n) is 5.18. The van der Waals surface area contributed by atoms with Crippen LogP contribution in [0.25, 0.3) is 0 Å². The SMILES string of the molecule is Cc1ccc(N)c(C(=O)CC2CCC(F)(F)C2)c1. The van der Waals surface area contributed by atoms with E-state index >= 15 is 0 Å². The fourth-order valence-corrected chi connectivity index (χ4v) is 2.50. The number of anilines is 1. The second kappa shape index (κ2) is 4.67. The fraction of sp³-hybridized carbons (Fsp3) is 0.500. The molecule has 1 aromatic rings. The van der Waals surface area contributed by atoms with E-state index in [9.17, 15) is 13.6 Å². The minimum atomic E-state index is -2.59. The number of Topliss-reactive ketones (excluding diaryl/α,β-unsaturated/α-hetero) is 1. The van der Waals surface area contributed by atoms with Gasteiger partial charge in [0.25, 0.3) is 0 Å². The van der Waals surface area contributed by atoms with Crippen molar-refractivity contribution < 1.29 is 13.6 Å². The molecule has 1 fully saturated rings. The van der Waals surface area contributed by atoms with Crippen LogP contribution in [0.4, 0.5) is 14.5 Å². The normalized spacial score (nSPS) is 22.1. The molecule has 1 aliphatic rings. The summed E-state index contributed by atoms with van der Waals surface area (Å²) >= 11 is 0. The van der Waals surface area contributed by atoms with Crippen molar-refractivity contribution in [2.45, 2.75) is 38.5 Å². The van der Waals surface area contributed by atoms with Crippen molar-refractivity contribution in [1.29, 1.82) is 0 Å². The maximum atomic E-state index is 13.1. The lowest BCUT2D eigenvalue weighted by Crippen LogP contribution is -2.13. The van der Waals surface area contributed by atoms with Crippen molar-refractivity contribution in [1.82, 2.24) is 0 Å². The lowest BCUT2D eigenvalue weighted by molar-refractivity contribution is 0.00497. The first kappa shape index (κ1) is 13.0. The van der Waals surface area contributed by atoms with Gasteiger partial charge in [0, 0.05) is 30.5 Å². The quantitative estimate of drug-likeness (QED) is 0.660. The molecule has 98 valence electrons. The molecule has 0 aliphatic heterocycles. The molecule has 0 spiro atoms. The number of hydrogen-bond acceptors (Lipinski definition) is 2. The van der Waals surface area contributed by atoms with Gasteiger partial charge in [0.15, 0.2) is 5.78 Å². The Labute approximate surface area is 105 Å². The van der Waals surface area contributed by atoms with Gasteiger partial charge in [0.05, 0.1) is 0 Å². The number of benzene rings is 1. The summed E-state index contributed by atoms with van der Waals surface area (Å²) in [5, 5.41) is 0. The van der Waals surface area contributed by atoms with Crippen LogP contribution < -0.4 is 5.73 Å². The van der Waals surface area contributed by atoms with Crippen LogP contribution in [0, 0.1) is 12.8 Å². The third-order valence-electron chi connectivity index (χ3n) is 3.49. The number of alkyl halides is 2. The molecule has 1 aliphatic carbocycles. The molecule has 1 aromatic carbocycles. The minimum Gasteiger partial charge on any atom is -0.398 e. The van der Waals surface area contributed by atoms with Gasteiger partial charge >= 0.3 is 0 Å². The van der Waals surface area contributed by atoms with Gasteiger partial charge in [-0.05, 0) is 31.4 Å². The Kier molecular flexibility index (Phi) is 3.37. The number of nitrogen functional groups attached to an aromatic ring is 1. The summed E-state index contributed by atoms with van der Waals surface area (Å²) in [6.07, 6.45) is 0.312. The lowest BCUT2D eigenvalue weighted by atomic mass is 9.95. The number of nitrogens with two attached hydrogens (primary N) is 1. The molecule has 0 amide bonds. The van der Waals surface area contributed by atoms with E-state index in [1.807, 2.05) is 13.0 Å². The van der Waals surface area contributed by atoms with Crippen LogP contribution in [0.2, 0.25) is 0 Å². The van der Waals surface area contributed by atoms with Crippen molar-refractivity contribution in [2.75, 3.05) is 5.73 Å². The van der Waals surface area contributed by atoms with Crippen LogP contribution in [-0.2, 0) is 0 Å². The van der Waals surface area contributed by atoms with Crippen molar-refractivity contribution in [2.24, 2.45) is 5.92 Å². The number of hydrogen-bond donors (Lipinski definition) is 1. The smallest absolute Gasteiger partial charge is 0.248 e. The molecule has 1 atom stereocenters. The molecule has 2 nitrogen and oxygen atoms in total. The largest absolute Gasteiger partial charge is 0.398 e. The Balaban J connectivity index is 2.06. The molecule has 0 aromatic heterocycles. The summed E-state index contributed by atoms with van der Waals surface area (Å²) in [5.41, 5.74) is 7.59. The number of ketones is 1. The monoisotopic (exact) mass is 253 g/mol. The molecule has 0 bridgehead atoms. The van der Waals surface area contributed by atoms with E-state index in [4.69, 9.17) is 5.73 Å². The van der Waals surface area contributed by atoms with Crippen molar-refractivity contribution in [3.63, 3.8) is 0 Å². The number of halogens is 2. The highest BCUT2D eigenvalue weighted by Crippen LogP contribution is 2.40. The van der Waals surface area contributed by atoms with Gasteiger partial charge in [-0.25, -0.2) is 8.78 Å². The maximum absolute atomic E-state index is 13.1. The fourth-order valence-electron chi connectivity index (χ4n) is 2.50. The maximum Gasteiger partial charge on any atom is 0.248 e. The van der Waals surface area contributed by atoms with E-state index in [1.54, 1.807) is 12.1 Å². The van der Waals surface area contributed by atoms with Crippen molar-refractivity contribution in [3.05, 3.63) is 29.3 Å². The highest BCUT2D eigenvalue weighted by Gasteiger charge is 2.40. The molecule has 18 heavy (non-hydrogen) atoms. The molecule has 1 unspecified atom stereocenters. The molecule has 2 rings (SSSR count). The summed E-state index contributed by atoms with van der Waals surface area (Å²) in [7, 11) is 0. The Hall–Kier alpha value is -1.45. The van der Waals surface area contributed by atoms with Gasteiger partial charge in [0.1, 0.15) is 0 Å². The van der Waals surface area contributed by atoms with E-state index in [0.29, 0.717) is 17.7 Å². The topological polar surface area (TPSA) is 43.1 Å². The molecule has 0 saturated heterocycles. The number of carbonyl (C=O) groups is 1. The lowest BCUT2D eigenvalue weighted by Gasteiger charge is -2.11. The standard InChI is InChI=1S/C14H17F2NO/c1-9-2-3-12(17)11(6-9)13(18)7-10-4-5-14(15,16)8-10/h2-3,6,10H,4-5,7-8,17H2,1H3. The summed E-state index contributed by atoms with van der Waals surface area (Å²) < 4.78 is 26.1. The van der Waals surface area contributed by atoms with Gasteiger partial charge in [-0.15, -0.1) is 0 Å². The number of rotatable bonds is 3. The van der Waals surface area contributed by atoms with Gasteiger partial charge in [-0.1, -0.05) is 11.6 Å². The molecule has 1 saturated carbocycles. The van der Waals surface area contributed by atoms with Crippen LogP contribution in [0.15, 0.2) is 18.2 Å². The van der Waals surface area contributed by atoms with E-state index in [2.05, 4.69) is 0 Å². The van der Waals surface area contributed by atoms with Crippen LogP contribution >= 0.6 is 0 Å². The summed E-state index contributed by atoms with van der Waals surface area (Å²) in [5.74, 6) is -2.94. The molecular weight excluding hydrogens is 236 g/mol. The molecular formula is C14H17F2NO. The zero-order chi connectivity index (χ0) is 13.3. The van der Waals surface area contributed by atoms with Crippen LogP contribution in [-0.4, -0.2) is 11.7 Å². The first-order chi connectivity index (χ1) is 8.37. The van der Waals surface area contributed by atoms with Gasteiger partial charge in [-0.2, -0.15) is 0 Å². The molecule has 4 heteroatoms.